The molecule has 0 aliphatic carbocycles. The summed E-state index contributed by atoms with van der Waals surface area (Å²) in [6, 6.07) is 29.1. The number of benzene rings is 6. The second-order valence-electron chi connectivity index (χ2n) is 11.6. The minimum atomic E-state index is -5.05. The Labute approximate surface area is 269 Å². The van der Waals surface area contributed by atoms with Gasteiger partial charge in [0.25, 0.3) is 0 Å². The van der Waals surface area contributed by atoms with Gasteiger partial charge < -0.3 is 8.37 Å². The second-order valence-corrected chi connectivity index (χ2v) is 13.6. The van der Waals surface area contributed by atoms with Crippen LogP contribution in [0.25, 0.3) is 87.2 Å². The Kier molecular flexibility index (Phi) is 5.10. The topological polar surface area (TPSA) is 162 Å². The summed E-state index contributed by atoms with van der Waals surface area (Å²) in [5, 5.41) is 5.82. The summed E-state index contributed by atoms with van der Waals surface area (Å²) in [6.07, 6.45) is 0. The Morgan fingerprint density at radius 2 is 0.854 bits per heavy atom. The highest BCUT2D eigenvalue weighted by atomic mass is 32.3. The average molecular weight is 675 g/mol. The van der Waals surface area contributed by atoms with Crippen LogP contribution in [0.3, 0.4) is 0 Å². The summed E-state index contributed by atoms with van der Waals surface area (Å²) < 4.78 is 83.4. The maximum Gasteiger partial charge on any atom is 0.447 e. The molecule has 0 saturated heterocycles. The molecular weight excluding hydrogens is 657 g/mol. The minimum Gasteiger partial charge on any atom is -0.342 e. The van der Waals surface area contributed by atoms with Gasteiger partial charge in [-0.3, -0.25) is 17.9 Å². The third kappa shape index (κ3) is 3.64. The van der Waals surface area contributed by atoms with Crippen LogP contribution in [0.15, 0.2) is 97.1 Å². The van der Waals surface area contributed by atoms with E-state index >= 15 is 0 Å². The van der Waals surface area contributed by atoms with Crippen LogP contribution in [0, 0.1) is 0 Å². The molecule has 0 radical (unpaired) electrons. The van der Waals surface area contributed by atoms with Gasteiger partial charge in [-0.2, -0.15) is 16.8 Å². The summed E-state index contributed by atoms with van der Waals surface area (Å²) in [5.74, 6) is -0.454. The fourth-order valence-corrected chi connectivity index (χ4v) is 8.05. The van der Waals surface area contributed by atoms with Gasteiger partial charge in [0.05, 0.1) is 22.1 Å². The van der Waals surface area contributed by atoms with Crippen molar-refractivity contribution in [3.63, 3.8) is 0 Å². The molecule has 6 aromatic carbocycles. The predicted molar refractivity (Wildman–Crippen MR) is 182 cm³/mol. The van der Waals surface area contributed by atoms with Crippen molar-refractivity contribution in [2.75, 3.05) is 0 Å². The number of hydrogen-bond acceptors (Lipinski definition) is 8. The summed E-state index contributed by atoms with van der Waals surface area (Å²) in [6.45, 7) is 0. The first-order chi connectivity index (χ1) is 23.1. The standard InChI is InChI=1S/C34H18N4O8S2/c39-47(40,41)45-33-21-15-16-22-30-20(14-13-19(29(21)30)31-35-23-9-1-5-17-7-3-11-25(27(17)23)37(31)33)32-36-24-10-2-6-18-8-4-12-26(28(18)24)38(32)34(22)46-48(42,43)44/h1-16H,(H,39,40,41)(H,42,43,44). The van der Waals surface area contributed by atoms with E-state index in [-0.39, 0.29) is 22.5 Å². The van der Waals surface area contributed by atoms with Gasteiger partial charge in [0.2, 0.25) is 11.8 Å². The number of hydrogen-bond donors (Lipinski definition) is 2. The van der Waals surface area contributed by atoms with E-state index in [0.717, 1.165) is 21.5 Å². The second kappa shape index (κ2) is 8.96. The van der Waals surface area contributed by atoms with Crippen molar-refractivity contribution >= 4 is 108 Å². The molecule has 0 bridgehead atoms. The highest BCUT2D eigenvalue weighted by Crippen LogP contribution is 2.47. The average Bonchev–Trinajstić information content (AvgIpc) is 3.05. The van der Waals surface area contributed by atoms with Crippen LogP contribution >= 0.6 is 0 Å². The number of pyridine rings is 2. The molecule has 0 unspecified atom stereocenters. The van der Waals surface area contributed by atoms with Crippen LogP contribution in [0.5, 0.6) is 11.8 Å². The lowest BCUT2D eigenvalue weighted by molar-refractivity contribution is 0.379. The normalized spacial score (nSPS) is 13.1. The molecular formula is C34H18N4O8S2. The number of nitrogens with zero attached hydrogens (tertiary/aromatic N) is 4. The molecule has 0 aliphatic heterocycles. The van der Waals surface area contributed by atoms with E-state index < -0.39 is 20.8 Å². The van der Waals surface area contributed by atoms with Crippen LogP contribution in [0.4, 0.5) is 0 Å². The van der Waals surface area contributed by atoms with Gasteiger partial charge >= 0.3 is 20.8 Å². The van der Waals surface area contributed by atoms with Crippen molar-refractivity contribution in [2.24, 2.45) is 0 Å². The molecule has 12 nitrogen and oxygen atoms in total. The van der Waals surface area contributed by atoms with Gasteiger partial charge in [0.15, 0.2) is 0 Å². The lowest BCUT2D eigenvalue weighted by Crippen LogP contribution is -2.13. The van der Waals surface area contributed by atoms with Gasteiger partial charge in [-0.1, -0.05) is 48.5 Å². The number of aromatic nitrogens is 4. The van der Waals surface area contributed by atoms with Crippen molar-refractivity contribution in [3.8, 4) is 11.8 Å². The highest BCUT2D eigenvalue weighted by molar-refractivity contribution is 7.81. The monoisotopic (exact) mass is 674 g/mol. The quantitative estimate of drug-likeness (QED) is 0.115. The molecule has 0 amide bonds. The molecule has 14 heteroatoms. The van der Waals surface area contributed by atoms with Gasteiger partial charge in [-0.25, -0.2) is 9.97 Å². The summed E-state index contributed by atoms with van der Waals surface area (Å²) in [5.41, 5.74) is 3.08. The maximum atomic E-state index is 12.4. The van der Waals surface area contributed by atoms with E-state index in [1.54, 1.807) is 33.1 Å². The van der Waals surface area contributed by atoms with Crippen LogP contribution in [0.1, 0.15) is 0 Å². The summed E-state index contributed by atoms with van der Waals surface area (Å²) in [7, 11) is -10.1. The van der Waals surface area contributed by atoms with Crippen LogP contribution in [-0.4, -0.2) is 44.7 Å². The predicted octanol–water partition coefficient (Wildman–Crippen LogP) is 6.86. The largest absolute Gasteiger partial charge is 0.447 e. The van der Waals surface area contributed by atoms with Gasteiger partial charge in [-0.15, -0.1) is 0 Å². The molecule has 0 saturated carbocycles. The van der Waals surface area contributed by atoms with Crippen molar-refractivity contribution in [1.29, 1.82) is 0 Å². The zero-order valence-corrected chi connectivity index (χ0v) is 25.8. The molecule has 4 heterocycles. The molecule has 4 aromatic heterocycles. The third-order valence-electron chi connectivity index (χ3n) is 8.96. The zero-order valence-electron chi connectivity index (χ0n) is 24.2. The van der Waals surface area contributed by atoms with Gasteiger partial charge in [0.1, 0.15) is 11.3 Å². The molecule has 2 N–H and O–H groups in total. The Hall–Kier alpha value is -5.80. The molecule has 0 aliphatic rings. The summed E-state index contributed by atoms with van der Waals surface area (Å²) >= 11 is 0. The van der Waals surface area contributed by atoms with Gasteiger partial charge in [-0.05, 0) is 59.3 Å². The Bertz CT molecular complexity index is 3070. The zero-order chi connectivity index (χ0) is 32.7. The van der Waals surface area contributed by atoms with Crippen molar-refractivity contribution in [2.45, 2.75) is 0 Å². The summed E-state index contributed by atoms with van der Waals surface area (Å²) in [4.78, 5) is 9.92. The molecule has 0 spiro atoms. The first-order valence-electron chi connectivity index (χ1n) is 14.6. The van der Waals surface area contributed by atoms with Crippen LogP contribution in [-0.2, 0) is 20.8 Å². The van der Waals surface area contributed by atoms with E-state index in [4.69, 9.17) is 18.3 Å². The van der Waals surface area contributed by atoms with Crippen LogP contribution < -0.4 is 8.37 Å². The van der Waals surface area contributed by atoms with E-state index in [1.165, 1.54) is 0 Å². The Morgan fingerprint density at radius 3 is 1.25 bits per heavy atom. The molecule has 0 fully saturated rings. The van der Waals surface area contributed by atoms with Gasteiger partial charge in [0, 0.05) is 43.1 Å². The molecule has 10 aromatic rings. The van der Waals surface area contributed by atoms with E-state index in [2.05, 4.69) is 0 Å². The number of rotatable bonds is 4. The minimum absolute atomic E-state index is 0.227. The highest BCUT2D eigenvalue weighted by Gasteiger charge is 2.27. The Balaban J connectivity index is 1.51. The Morgan fingerprint density at radius 1 is 0.479 bits per heavy atom. The SMILES string of the molecule is O=S(=O)(O)Oc1c2ccc3c(OS(=O)(=O)O)n4c5cccc6cccc(nc4c4ccc(c2c34)c2nc3cccc4cccc(c43)n12)c65. The van der Waals surface area contributed by atoms with Crippen molar-refractivity contribution in [1.82, 2.24) is 18.8 Å². The smallest absolute Gasteiger partial charge is 0.342 e. The van der Waals surface area contributed by atoms with E-state index in [9.17, 15) is 25.9 Å². The van der Waals surface area contributed by atoms with Crippen molar-refractivity contribution < 1.29 is 34.3 Å². The van der Waals surface area contributed by atoms with Crippen LogP contribution in [0.2, 0.25) is 0 Å². The lowest BCUT2D eigenvalue weighted by Gasteiger charge is -2.22. The molecule has 234 valence electrons. The fraction of sp³-hybridized carbons (Fsp3) is 0. The molecule has 0 atom stereocenters. The number of fused-ring (bicyclic) bond motifs is 6. The lowest BCUT2D eigenvalue weighted by atomic mass is 9.95. The van der Waals surface area contributed by atoms with E-state index in [1.807, 2.05) is 72.8 Å². The molecule has 10 rings (SSSR count). The van der Waals surface area contributed by atoms with Crippen molar-refractivity contribution in [3.05, 3.63) is 97.1 Å². The first-order valence-corrected chi connectivity index (χ1v) is 17.3. The fourth-order valence-electron chi connectivity index (χ4n) is 7.32. The first kappa shape index (κ1) is 27.3. The van der Waals surface area contributed by atoms with E-state index in [0.29, 0.717) is 54.9 Å². The third-order valence-corrected chi connectivity index (χ3v) is 9.69. The molecule has 48 heavy (non-hydrogen) atoms. The maximum absolute atomic E-state index is 12.4.